The van der Waals surface area contributed by atoms with Crippen molar-refractivity contribution in [2.24, 2.45) is 0 Å². The van der Waals surface area contributed by atoms with Crippen LogP contribution in [0.1, 0.15) is 15.9 Å². The summed E-state index contributed by atoms with van der Waals surface area (Å²) in [6.07, 6.45) is -1.90. The molecule has 0 spiro atoms. The van der Waals surface area contributed by atoms with Crippen molar-refractivity contribution in [3.63, 3.8) is 0 Å². The van der Waals surface area contributed by atoms with Gasteiger partial charge < -0.3 is 9.15 Å². The summed E-state index contributed by atoms with van der Waals surface area (Å²) in [5, 5.41) is 0. The van der Waals surface area contributed by atoms with Crippen molar-refractivity contribution < 1.29 is 27.1 Å². The van der Waals surface area contributed by atoms with Gasteiger partial charge in [0.2, 0.25) is 0 Å². The summed E-state index contributed by atoms with van der Waals surface area (Å²) >= 11 is 0. The molecule has 19 heavy (non-hydrogen) atoms. The van der Waals surface area contributed by atoms with Crippen LogP contribution in [0.25, 0.3) is 11.1 Å². The zero-order valence-corrected chi connectivity index (χ0v) is 9.82. The molecule has 0 bridgehead atoms. The largest absolute Gasteiger partial charge is 0.472 e. The minimum Gasteiger partial charge on any atom is -0.472 e. The van der Waals surface area contributed by atoms with Crippen LogP contribution in [0.2, 0.25) is 0 Å². The molecule has 1 aromatic carbocycles. The number of rotatable bonds is 2. The van der Waals surface area contributed by atoms with E-state index in [1.54, 1.807) is 0 Å². The van der Waals surface area contributed by atoms with E-state index in [1.165, 1.54) is 25.7 Å². The van der Waals surface area contributed by atoms with E-state index in [0.717, 1.165) is 18.2 Å². The molecule has 2 aromatic rings. The van der Waals surface area contributed by atoms with Crippen molar-refractivity contribution in [1.29, 1.82) is 0 Å². The minimum absolute atomic E-state index is 0.0527. The van der Waals surface area contributed by atoms with Gasteiger partial charge in [0.1, 0.15) is 0 Å². The molecule has 2 rings (SSSR count). The van der Waals surface area contributed by atoms with Gasteiger partial charge in [0.15, 0.2) is 0 Å². The maximum Gasteiger partial charge on any atom is 0.416 e. The maximum atomic E-state index is 12.7. The van der Waals surface area contributed by atoms with Gasteiger partial charge in [-0.3, -0.25) is 0 Å². The zero-order chi connectivity index (χ0) is 14.0. The second-order valence-electron chi connectivity index (χ2n) is 3.76. The van der Waals surface area contributed by atoms with E-state index < -0.39 is 17.7 Å². The fourth-order valence-electron chi connectivity index (χ4n) is 1.67. The summed E-state index contributed by atoms with van der Waals surface area (Å²) in [6, 6.07) is 4.31. The van der Waals surface area contributed by atoms with Crippen molar-refractivity contribution in [1.82, 2.24) is 0 Å². The van der Waals surface area contributed by atoms with Gasteiger partial charge >= 0.3 is 12.1 Å². The number of methoxy groups -OCH3 is 1. The SMILES string of the molecule is COC(=O)c1ccc(C(F)(F)F)cc1-c1ccoc1. The summed E-state index contributed by atoms with van der Waals surface area (Å²) in [4.78, 5) is 11.6. The molecule has 0 saturated heterocycles. The Hall–Kier alpha value is -2.24. The van der Waals surface area contributed by atoms with E-state index in [4.69, 9.17) is 4.42 Å². The molecule has 100 valence electrons. The van der Waals surface area contributed by atoms with Gasteiger partial charge in [-0.2, -0.15) is 13.2 Å². The molecule has 0 N–H and O–H groups in total. The second kappa shape index (κ2) is 4.79. The van der Waals surface area contributed by atoms with Gasteiger partial charge in [0, 0.05) is 5.56 Å². The molecule has 0 aliphatic rings. The highest BCUT2D eigenvalue weighted by atomic mass is 19.4. The molecule has 3 nitrogen and oxygen atoms in total. The first kappa shape index (κ1) is 13.2. The van der Waals surface area contributed by atoms with Gasteiger partial charge in [-0.15, -0.1) is 0 Å². The summed E-state index contributed by atoms with van der Waals surface area (Å²) < 4.78 is 47.4. The smallest absolute Gasteiger partial charge is 0.416 e. The number of carbonyl (C=O) groups is 1. The molecule has 0 saturated carbocycles. The predicted octanol–water partition coefficient (Wildman–Crippen LogP) is 3.75. The zero-order valence-electron chi connectivity index (χ0n) is 9.82. The normalized spacial score (nSPS) is 11.4. The van der Waals surface area contributed by atoms with Crippen LogP contribution >= 0.6 is 0 Å². The van der Waals surface area contributed by atoms with Crippen LogP contribution in [0.5, 0.6) is 0 Å². The molecule has 1 aromatic heterocycles. The van der Waals surface area contributed by atoms with Gasteiger partial charge in [-0.1, -0.05) is 0 Å². The van der Waals surface area contributed by atoms with E-state index in [-0.39, 0.29) is 11.1 Å². The fraction of sp³-hybridized carbons (Fsp3) is 0.154. The van der Waals surface area contributed by atoms with Crippen molar-refractivity contribution in [3.8, 4) is 11.1 Å². The van der Waals surface area contributed by atoms with E-state index in [1.807, 2.05) is 0 Å². The Kier molecular flexibility index (Phi) is 3.33. The average Bonchev–Trinajstić information content (AvgIpc) is 2.89. The topological polar surface area (TPSA) is 39.4 Å². The molecular weight excluding hydrogens is 261 g/mol. The molecule has 0 amide bonds. The van der Waals surface area contributed by atoms with Crippen LogP contribution in [-0.2, 0) is 10.9 Å². The lowest BCUT2D eigenvalue weighted by Gasteiger charge is -2.11. The first-order valence-corrected chi connectivity index (χ1v) is 5.25. The third-order valence-corrected chi connectivity index (χ3v) is 2.58. The monoisotopic (exact) mass is 270 g/mol. The molecule has 0 aliphatic carbocycles. The molecular formula is C13H9F3O3. The van der Waals surface area contributed by atoms with Crippen LogP contribution in [-0.4, -0.2) is 13.1 Å². The highest BCUT2D eigenvalue weighted by Crippen LogP contribution is 2.34. The van der Waals surface area contributed by atoms with Gasteiger partial charge in [-0.05, 0) is 29.8 Å². The van der Waals surface area contributed by atoms with Crippen molar-refractivity contribution in [3.05, 3.63) is 47.9 Å². The maximum absolute atomic E-state index is 12.7. The highest BCUT2D eigenvalue weighted by Gasteiger charge is 2.31. The van der Waals surface area contributed by atoms with Gasteiger partial charge in [0.05, 0.1) is 30.8 Å². The first-order chi connectivity index (χ1) is 8.93. The number of hydrogen-bond donors (Lipinski definition) is 0. The third-order valence-electron chi connectivity index (χ3n) is 2.58. The molecule has 0 unspecified atom stereocenters. The number of alkyl halides is 3. The lowest BCUT2D eigenvalue weighted by molar-refractivity contribution is -0.137. The Labute approximate surface area is 106 Å². The summed E-state index contributed by atoms with van der Waals surface area (Å²) in [7, 11) is 1.17. The lowest BCUT2D eigenvalue weighted by Crippen LogP contribution is -2.08. The predicted molar refractivity (Wildman–Crippen MR) is 60.5 cm³/mol. The van der Waals surface area contributed by atoms with E-state index in [9.17, 15) is 18.0 Å². The van der Waals surface area contributed by atoms with Crippen LogP contribution in [0.3, 0.4) is 0 Å². The summed E-state index contributed by atoms with van der Waals surface area (Å²) in [6.45, 7) is 0. The van der Waals surface area contributed by atoms with Crippen LogP contribution < -0.4 is 0 Å². The average molecular weight is 270 g/mol. The first-order valence-electron chi connectivity index (χ1n) is 5.25. The number of hydrogen-bond acceptors (Lipinski definition) is 3. The molecule has 0 aliphatic heterocycles. The Morgan fingerprint density at radius 2 is 2.00 bits per heavy atom. The van der Waals surface area contributed by atoms with Crippen LogP contribution in [0, 0.1) is 0 Å². The van der Waals surface area contributed by atoms with Crippen molar-refractivity contribution in [2.45, 2.75) is 6.18 Å². The van der Waals surface area contributed by atoms with Crippen LogP contribution in [0.4, 0.5) is 13.2 Å². The number of halogens is 3. The Balaban J connectivity index is 2.61. The summed E-state index contributed by atoms with van der Waals surface area (Å²) in [5.41, 5.74) is -0.282. The molecule has 6 heteroatoms. The lowest BCUT2D eigenvalue weighted by atomic mass is 9.99. The standard InChI is InChI=1S/C13H9F3O3/c1-18-12(17)10-3-2-9(13(14,15)16)6-11(10)8-4-5-19-7-8/h2-7H,1H3. The van der Waals surface area contributed by atoms with E-state index in [2.05, 4.69) is 4.74 Å². The Bertz CT molecular complexity index is 586. The van der Waals surface area contributed by atoms with Crippen LogP contribution in [0.15, 0.2) is 41.2 Å². The number of esters is 1. The minimum atomic E-state index is -4.48. The van der Waals surface area contributed by atoms with Gasteiger partial charge in [0.25, 0.3) is 0 Å². The summed E-state index contributed by atoms with van der Waals surface area (Å²) in [5.74, 6) is -0.704. The van der Waals surface area contributed by atoms with E-state index >= 15 is 0 Å². The molecule has 1 heterocycles. The van der Waals surface area contributed by atoms with Crippen molar-refractivity contribution >= 4 is 5.97 Å². The fourth-order valence-corrected chi connectivity index (χ4v) is 1.67. The molecule has 0 radical (unpaired) electrons. The van der Waals surface area contributed by atoms with Gasteiger partial charge in [-0.25, -0.2) is 4.79 Å². The number of carbonyl (C=O) groups excluding carboxylic acids is 1. The third kappa shape index (κ3) is 2.62. The molecule has 0 atom stereocenters. The number of benzene rings is 1. The Morgan fingerprint density at radius 1 is 1.26 bits per heavy atom. The number of furan rings is 1. The van der Waals surface area contributed by atoms with Crippen molar-refractivity contribution in [2.75, 3.05) is 7.11 Å². The Morgan fingerprint density at radius 3 is 2.53 bits per heavy atom. The second-order valence-corrected chi connectivity index (χ2v) is 3.76. The number of ether oxygens (including phenoxy) is 1. The highest BCUT2D eigenvalue weighted by molar-refractivity contribution is 5.97. The van der Waals surface area contributed by atoms with E-state index in [0.29, 0.717) is 5.56 Å². The quantitative estimate of drug-likeness (QED) is 0.780. The molecule has 0 fully saturated rings.